The van der Waals surface area contributed by atoms with Crippen molar-refractivity contribution in [2.24, 2.45) is 11.8 Å². The van der Waals surface area contributed by atoms with Gasteiger partial charge in [0.1, 0.15) is 5.75 Å². The van der Waals surface area contributed by atoms with Gasteiger partial charge in [0.25, 0.3) is 0 Å². The van der Waals surface area contributed by atoms with Crippen LogP contribution in [0.1, 0.15) is 60.6 Å². The number of fused-ring (bicyclic) bond motifs is 1. The van der Waals surface area contributed by atoms with Crippen LogP contribution in [0, 0.1) is 18.8 Å². The fraction of sp³-hybridized carbons (Fsp3) is 0.517. The molecule has 1 aliphatic rings. The zero-order valence-electron chi connectivity index (χ0n) is 21.4. The lowest BCUT2D eigenvalue weighted by molar-refractivity contribution is -0.139. The van der Waals surface area contributed by atoms with Crippen molar-refractivity contribution in [1.82, 2.24) is 9.88 Å². The molecule has 0 unspecified atom stereocenters. The zero-order chi connectivity index (χ0) is 25.5. The van der Waals surface area contributed by atoms with Gasteiger partial charge in [-0.05, 0) is 117 Å². The van der Waals surface area contributed by atoms with E-state index in [0.29, 0.717) is 12.3 Å². The number of unbranched alkanes of at least 4 members (excludes halogenated alkanes) is 1. The number of likely N-dealkylation sites (tertiary alicyclic amines) is 1. The third-order valence-corrected chi connectivity index (χ3v) is 8.74. The monoisotopic (exact) mass is 510 g/mol. The standard InChI is InChI=1S/C29H38N2O4S/c1-20-12-16-36-28(20)5-3-4-14-31-15-11-21(22(19-31)17-29(33)34)6-9-27(32)24-10-13-30-26-8-7-23(35-2)18-25(24)26/h7-8,10,12-13,16,18,21-22,27,32H,3-6,9,11,14-15,17,19H2,1-2H3,(H,33,34)/t21-,22+,27-/m1/s1. The first-order chi connectivity index (χ1) is 17.4. The Morgan fingerprint density at radius 3 is 2.86 bits per heavy atom. The molecule has 3 atom stereocenters. The lowest BCUT2D eigenvalue weighted by Crippen LogP contribution is -2.41. The minimum absolute atomic E-state index is 0.122. The maximum atomic E-state index is 11.6. The Hall–Kier alpha value is -2.48. The van der Waals surface area contributed by atoms with Crippen LogP contribution in [0.5, 0.6) is 5.75 Å². The second-order valence-electron chi connectivity index (χ2n) is 10.1. The van der Waals surface area contributed by atoms with Crippen LogP contribution >= 0.6 is 11.3 Å². The van der Waals surface area contributed by atoms with Crippen molar-refractivity contribution in [3.05, 3.63) is 57.9 Å². The van der Waals surface area contributed by atoms with Gasteiger partial charge in [0.05, 0.1) is 18.7 Å². The van der Waals surface area contributed by atoms with Crippen LogP contribution in [0.4, 0.5) is 0 Å². The Balaban J connectivity index is 1.32. The number of carboxylic acids is 1. The lowest BCUT2D eigenvalue weighted by Gasteiger charge is -2.38. The smallest absolute Gasteiger partial charge is 0.303 e. The molecule has 7 heteroatoms. The highest BCUT2D eigenvalue weighted by Crippen LogP contribution is 2.35. The Morgan fingerprint density at radius 2 is 2.11 bits per heavy atom. The maximum absolute atomic E-state index is 11.6. The van der Waals surface area contributed by atoms with Gasteiger partial charge in [0.15, 0.2) is 0 Å². The number of aliphatic carboxylic acids is 1. The Bertz CT molecular complexity index is 1150. The molecule has 6 nitrogen and oxygen atoms in total. The number of ether oxygens (including phenoxy) is 1. The lowest BCUT2D eigenvalue weighted by atomic mass is 9.79. The molecule has 36 heavy (non-hydrogen) atoms. The zero-order valence-corrected chi connectivity index (χ0v) is 22.2. The predicted octanol–water partition coefficient (Wildman–Crippen LogP) is 5.86. The average molecular weight is 511 g/mol. The summed E-state index contributed by atoms with van der Waals surface area (Å²) in [5.41, 5.74) is 3.08. The van der Waals surface area contributed by atoms with Crippen LogP contribution in [0.3, 0.4) is 0 Å². The fourth-order valence-corrected chi connectivity index (χ4v) is 6.52. The summed E-state index contributed by atoms with van der Waals surface area (Å²) >= 11 is 1.84. The number of carboxylic acid groups (broad SMARTS) is 1. The SMILES string of the molecule is COc1ccc2nccc([C@H](O)CC[C@@H]3CCN(CCCCc4sccc4C)C[C@@H]3CC(=O)O)c2c1. The average Bonchev–Trinajstić information content (AvgIpc) is 3.29. The first-order valence-electron chi connectivity index (χ1n) is 13.0. The van der Waals surface area contributed by atoms with Crippen LogP contribution in [0.25, 0.3) is 10.9 Å². The number of aryl methyl sites for hydroxylation is 2. The van der Waals surface area contributed by atoms with E-state index in [4.69, 9.17) is 4.74 Å². The normalized spacial score (nSPS) is 19.4. The number of rotatable bonds is 12. The van der Waals surface area contributed by atoms with Crippen molar-refractivity contribution in [2.45, 2.75) is 58.0 Å². The van der Waals surface area contributed by atoms with Gasteiger partial charge in [-0.25, -0.2) is 0 Å². The molecule has 3 aromatic rings. The number of hydrogen-bond donors (Lipinski definition) is 2. The van der Waals surface area contributed by atoms with Gasteiger partial charge in [0, 0.05) is 29.4 Å². The van der Waals surface area contributed by atoms with E-state index in [2.05, 4.69) is 28.3 Å². The molecular weight excluding hydrogens is 472 g/mol. The minimum Gasteiger partial charge on any atom is -0.497 e. The van der Waals surface area contributed by atoms with Crippen LogP contribution < -0.4 is 4.74 Å². The Labute approximate surface area is 217 Å². The summed E-state index contributed by atoms with van der Waals surface area (Å²) in [7, 11) is 1.63. The Kier molecular flexibility index (Phi) is 9.35. The molecule has 1 saturated heterocycles. The number of hydrogen-bond acceptors (Lipinski definition) is 6. The second-order valence-corrected chi connectivity index (χ2v) is 11.1. The quantitative estimate of drug-likeness (QED) is 0.297. The first kappa shape index (κ1) is 26.6. The van der Waals surface area contributed by atoms with E-state index in [9.17, 15) is 15.0 Å². The number of piperidine rings is 1. The third kappa shape index (κ3) is 6.84. The summed E-state index contributed by atoms with van der Waals surface area (Å²) < 4.78 is 5.36. The number of methoxy groups -OCH3 is 1. The highest BCUT2D eigenvalue weighted by molar-refractivity contribution is 7.10. The van der Waals surface area contributed by atoms with E-state index in [1.54, 1.807) is 13.3 Å². The molecule has 1 fully saturated rings. The molecule has 0 bridgehead atoms. The summed E-state index contributed by atoms with van der Waals surface area (Å²) in [6, 6.07) is 9.77. The van der Waals surface area contributed by atoms with Gasteiger partial charge in [-0.1, -0.05) is 0 Å². The fourth-order valence-electron chi connectivity index (χ4n) is 5.57. The van der Waals surface area contributed by atoms with Crippen molar-refractivity contribution in [2.75, 3.05) is 26.7 Å². The van der Waals surface area contributed by atoms with Gasteiger partial charge >= 0.3 is 5.97 Å². The van der Waals surface area contributed by atoms with Gasteiger partial charge < -0.3 is 19.8 Å². The van der Waals surface area contributed by atoms with Crippen LogP contribution in [-0.4, -0.2) is 52.8 Å². The van der Waals surface area contributed by atoms with Crippen LogP contribution in [-0.2, 0) is 11.2 Å². The molecule has 2 aromatic heterocycles. The number of nitrogens with zero attached hydrogens (tertiary/aromatic N) is 2. The minimum atomic E-state index is -0.729. The number of pyridine rings is 1. The molecule has 1 aromatic carbocycles. The van der Waals surface area contributed by atoms with Crippen molar-refractivity contribution in [3.8, 4) is 5.75 Å². The number of thiophene rings is 1. The van der Waals surface area contributed by atoms with Gasteiger partial charge in [-0.3, -0.25) is 9.78 Å². The molecule has 0 aliphatic carbocycles. The molecule has 0 saturated carbocycles. The summed E-state index contributed by atoms with van der Waals surface area (Å²) in [4.78, 5) is 20.0. The maximum Gasteiger partial charge on any atom is 0.303 e. The Morgan fingerprint density at radius 1 is 1.25 bits per heavy atom. The summed E-state index contributed by atoms with van der Waals surface area (Å²) in [6.07, 6.45) is 7.16. The van der Waals surface area contributed by atoms with Gasteiger partial charge in [0.2, 0.25) is 0 Å². The molecule has 0 amide bonds. The predicted molar refractivity (Wildman–Crippen MR) is 145 cm³/mol. The molecule has 4 rings (SSSR count). The topological polar surface area (TPSA) is 82.9 Å². The molecule has 194 valence electrons. The number of aliphatic hydroxyl groups excluding tert-OH is 1. The highest BCUT2D eigenvalue weighted by atomic mass is 32.1. The number of aliphatic hydroxyl groups is 1. The molecule has 3 heterocycles. The van der Waals surface area contributed by atoms with E-state index in [0.717, 1.165) is 67.5 Å². The molecular formula is C29H38N2O4S. The third-order valence-electron chi connectivity index (χ3n) is 7.66. The second kappa shape index (κ2) is 12.7. The van der Waals surface area contributed by atoms with Crippen LogP contribution in [0.2, 0.25) is 0 Å². The van der Waals surface area contributed by atoms with Crippen molar-refractivity contribution in [3.63, 3.8) is 0 Å². The van der Waals surface area contributed by atoms with Crippen molar-refractivity contribution in [1.29, 1.82) is 0 Å². The molecule has 0 radical (unpaired) electrons. The molecule has 0 spiro atoms. The van der Waals surface area contributed by atoms with E-state index >= 15 is 0 Å². The van der Waals surface area contributed by atoms with E-state index < -0.39 is 12.1 Å². The van der Waals surface area contributed by atoms with Crippen LogP contribution in [0.15, 0.2) is 41.9 Å². The number of benzene rings is 1. The number of aromatic nitrogens is 1. The summed E-state index contributed by atoms with van der Waals surface area (Å²) in [6.45, 7) is 5.05. The highest BCUT2D eigenvalue weighted by Gasteiger charge is 2.31. The summed E-state index contributed by atoms with van der Waals surface area (Å²) in [5.74, 6) is 0.442. The molecule has 1 aliphatic heterocycles. The van der Waals surface area contributed by atoms with E-state index in [1.165, 1.54) is 16.9 Å². The van der Waals surface area contributed by atoms with Gasteiger partial charge in [-0.15, -0.1) is 11.3 Å². The first-order valence-corrected chi connectivity index (χ1v) is 13.9. The van der Waals surface area contributed by atoms with E-state index in [-0.39, 0.29) is 12.3 Å². The largest absolute Gasteiger partial charge is 0.497 e. The van der Waals surface area contributed by atoms with E-state index in [1.807, 2.05) is 35.6 Å². The van der Waals surface area contributed by atoms with Crippen molar-refractivity contribution >= 4 is 28.2 Å². The number of carbonyl (C=O) groups is 1. The molecule has 2 N–H and O–H groups in total. The summed E-state index contributed by atoms with van der Waals surface area (Å²) in [5, 5.41) is 23.7. The van der Waals surface area contributed by atoms with Gasteiger partial charge in [-0.2, -0.15) is 0 Å². The van der Waals surface area contributed by atoms with Crippen molar-refractivity contribution < 1.29 is 19.7 Å².